The van der Waals surface area contributed by atoms with Crippen molar-refractivity contribution in [2.24, 2.45) is 10.7 Å². The number of carbonyl (C=O) groups is 1. The van der Waals surface area contributed by atoms with Gasteiger partial charge in [-0.3, -0.25) is 0 Å². The van der Waals surface area contributed by atoms with Gasteiger partial charge in [0.05, 0.1) is 6.54 Å². The van der Waals surface area contributed by atoms with Crippen LogP contribution in [-0.2, 0) is 11.3 Å². The second kappa shape index (κ2) is 8.54. The Hall–Kier alpha value is -1.52. The molecule has 9 heteroatoms. The molecule has 0 radical (unpaired) electrons. The Morgan fingerprint density at radius 2 is 1.92 bits per heavy atom. The van der Waals surface area contributed by atoms with Crippen molar-refractivity contribution < 1.29 is 14.1 Å². The molecule has 1 saturated heterocycles. The van der Waals surface area contributed by atoms with Crippen LogP contribution in [0.3, 0.4) is 0 Å². The average molecular weight is 451 g/mol. The molecule has 1 amide bonds. The standard InChI is InChI=1S/C15H25N5O3.HI/c1-11-9-12(18-23-11)10-17-13(16)19-5-7-20(8-6-19)14(21)22-15(2,3)4;/h9H,5-8,10H2,1-4H3,(H2,16,17);1H. The van der Waals surface area contributed by atoms with Crippen LogP contribution in [0.4, 0.5) is 4.79 Å². The number of ether oxygens (including phenoxy) is 1. The smallest absolute Gasteiger partial charge is 0.410 e. The van der Waals surface area contributed by atoms with E-state index in [1.165, 1.54) is 0 Å². The van der Waals surface area contributed by atoms with Crippen molar-refractivity contribution >= 4 is 36.0 Å². The molecule has 0 aliphatic carbocycles. The van der Waals surface area contributed by atoms with Crippen LogP contribution in [0.15, 0.2) is 15.6 Å². The van der Waals surface area contributed by atoms with Crippen LogP contribution in [0.25, 0.3) is 0 Å². The molecular weight excluding hydrogens is 425 g/mol. The predicted molar refractivity (Wildman–Crippen MR) is 101 cm³/mol. The van der Waals surface area contributed by atoms with Gasteiger partial charge in [-0.1, -0.05) is 5.16 Å². The van der Waals surface area contributed by atoms with E-state index in [1.807, 2.05) is 38.7 Å². The summed E-state index contributed by atoms with van der Waals surface area (Å²) in [4.78, 5) is 20.0. The van der Waals surface area contributed by atoms with Gasteiger partial charge < -0.3 is 24.8 Å². The number of aromatic nitrogens is 1. The van der Waals surface area contributed by atoms with Crippen molar-refractivity contribution in [3.8, 4) is 0 Å². The van der Waals surface area contributed by atoms with E-state index in [0.717, 1.165) is 11.5 Å². The topological polar surface area (TPSA) is 97.2 Å². The number of nitrogens with zero attached hydrogens (tertiary/aromatic N) is 4. The number of amides is 1. The summed E-state index contributed by atoms with van der Waals surface area (Å²) in [6.45, 7) is 10.2. The summed E-state index contributed by atoms with van der Waals surface area (Å²) in [6.07, 6.45) is -0.286. The molecule has 2 N–H and O–H groups in total. The maximum absolute atomic E-state index is 12.0. The van der Waals surface area contributed by atoms with Crippen molar-refractivity contribution in [1.82, 2.24) is 15.0 Å². The molecule has 8 nitrogen and oxygen atoms in total. The molecule has 2 heterocycles. The summed E-state index contributed by atoms with van der Waals surface area (Å²) in [5, 5.41) is 3.88. The fraction of sp³-hybridized carbons (Fsp3) is 0.667. The highest BCUT2D eigenvalue weighted by Crippen LogP contribution is 2.12. The number of piperazine rings is 1. The highest BCUT2D eigenvalue weighted by atomic mass is 127. The zero-order chi connectivity index (χ0) is 17.0. The molecule has 1 aromatic rings. The maximum Gasteiger partial charge on any atom is 0.410 e. The lowest BCUT2D eigenvalue weighted by Crippen LogP contribution is -2.53. The van der Waals surface area contributed by atoms with Gasteiger partial charge in [-0.2, -0.15) is 0 Å². The molecule has 1 aliphatic heterocycles. The van der Waals surface area contributed by atoms with E-state index in [4.69, 9.17) is 15.0 Å². The number of hydrogen-bond acceptors (Lipinski definition) is 5. The number of rotatable bonds is 2. The Kier molecular flexibility index (Phi) is 7.30. The minimum atomic E-state index is -0.482. The van der Waals surface area contributed by atoms with Crippen molar-refractivity contribution in [2.45, 2.75) is 39.8 Å². The molecule has 136 valence electrons. The lowest BCUT2D eigenvalue weighted by atomic mass is 10.2. The minimum absolute atomic E-state index is 0. The van der Waals surface area contributed by atoms with Crippen LogP contribution >= 0.6 is 24.0 Å². The lowest BCUT2D eigenvalue weighted by Gasteiger charge is -2.36. The van der Waals surface area contributed by atoms with Crippen LogP contribution in [0, 0.1) is 6.92 Å². The van der Waals surface area contributed by atoms with Crippen molar-refractivity contribution in [1.29, 1.82) is 0 Å². The van der Waals surface area contributed by atoms with E-state index in [9.17, 15) is 4.79 Å². The van der Waals surface area contributed by atoms with Gasteiger partial charge in [0.2, 0.25) is 0 Å². The van der Waals surface area contributed by atoms with E-state index >= 15 is 0 Å². The number of hydrogen-bond donors (Lipinski definition) is 1. The predicted octanol–water partition coefficient (Wildman–Crippen LogP) is 1.97. The summed E-state index contributed by atoms with van der Waals surface area (Å²) in [5.74, 6) is 1.20. The molecule has 1 fully saturated rings. The largest absolute Gasteiger partial charge is 0.444 e. The first kappa shape index (κ1) is 20.5. The van der Waals surface area contributed by atoms with E-state index in [1.54, 1.807) is 4.90 Å². The molecule has 0 unspecified atom stereocenters. The van der Waals surface area contributed by atoms with E-state index in [2.05, 4.69) is 10.1 Å². The van der Waals surface area contributed by atoms with Crippen molar-refractivity contribution in [3.63, 3.8) is 0 Å². The van der Waals surface area contributed by atoms with Gasteiger partial charge in [-0.15, -0.1) is 24.0 Å². The Balaban J connectivity index is 0.00000288. The second-order valence-electron chi connectivity index (χ2n) is 6.56. The summed E-state index contributed by atoms with van der Waals surface area (Å²) in [7, 11) is 0. The lowest BCUT2D eigenvalue weighted by molar-refractivity contribution is 0.0186. The quantitative estimate of drug-likeness (QED) is 0.420. The molecule has 1 aromatic heterocycles. The van der Waals surface area contributed by atoms with Crippen LogP contribution in [0.5, 0.6) is 0 Å². The van der Waals surface area contributed by atoms with Crippen LogP contribution in [0.2, 0.25) is 0 Å². The van der Waals surface area contributed by atoms with Gasteiger partial charge in [0, 0.05) is 32.2 Å². The highest BCUT2D eigenvalue weighted by Gasteiger charge is 2.26. The number of aliphatic imine (C=N–C) groups is 1. The third-order valence-electron chi connectivity index (χ3n) is 3.34. The number of nitrogens with two attached hydrogens (primary N) is 1. The molecule has 0 atom stereocenters. The van der Waals surface area contributed by atoms with E-state index in [0.29, 0.717) is 38.7 Å². The van der Waals surface area contributed by atoms with Gasteiger partial charge in [0.15, 0.2) is 5.96 Å². The Bertz CT molecular complexity index is 574. The van der Waals surface area contributed by atoms with E-state index in [-0.39, 0.29) is 30.1 Å². The molecule has 1 aliphatic rings. The van der Waals surface area contributed by atoms with Gasteiger partial charge in [0.1, 0.15) is 17.1 Å². The molecule has 0 aromatic carbocycles. The molecule has 0 spiro atoms. The first-order chi connectivity index (χ1) is 10.7. The third-order valence-corrected chi connectivity index (χ3v) is 3.34. The first-order valence-electron chi connectivity index (χ1n) is 7.69. The fourth-order valence-electron chi connectivity index (χ4n) is 2.20. The summed E-state index contributed by atoms with van der Waals surface area (Å²) in [5.41, 5.74) is 6.28. The summed E-state index contributed by atoms with van der Waals surface area (Å²) < 4.78 is 10.4. The molecule has 24 heavy (non-hydrogen) atoms. The Labute approximate surface area is 159 Å². The summed E-state index contributed by atoms with van der Waals surface area (Å²) in [6, 6.07) is 1.83. The average Bonchev–Trinajstić information content (AvgIpc) is 2.89. The van der Waals surface area contributed by atoms with Gasteiger partial charge in [-0.25, -0.2) is 9.79 Å². The highest BCUT2D eigenvalue weighted by molar-refractivity contribution is 14.0. The minimum Gasteiger partial charge on any atom is -0.444 e. The molecule has 2 rings (SSSR count). The zero-order valence-corrected chi connectivity index (χ0v) is 16.9. The van der Waals surface area contributed by atoms with Gasteiger partial charge in [0.25, 0.3) is 0 Å². The van der Waals surface area contributed by atoms with Crippen molar-refractivity contribution in [3.05, 3.63) is 17.5 Å². The molecule has 0 saturated carbocycles. The van der Waals surface area contributed by atoms with Crippen LogP contribution < -0.4 is 5.73 Å². The monoisotopic (exact) mass is 451 g/mol. The second-order valence-corrected chi connectivity index (χ2v) is 6.56. The summed E-state index contributed by atoms with van der Waals surface area (Å²) >= 11 is 0. The SMILES string of the molecule is Cc1cc(CN=C(N)N2CCN(C(=O)OC(C)(C)C)CC2)no1.I. The number of halogens is 1. The van der Waals surface area contributed by atoms with Crippen LogP contribution in [0.1, 0.15) is 32.2 Å². The van der Waals surface area contributed by atoms with E-state index < -0.39 is 5.60 Å². The normalized spacial score (nSPS) is 15.9. The Morgan fingerprint density at radius 3 is 2.42 bits per heavy atom. The maximum atomic E-state index is 12.0. The number of aryl methyl sites for hydroxylation is 1. The van der Waals surface area contributed by atoms with Crippen molar-refractivity contribution in [2.75, 3.05) is 26.2 Å². The number of carbonyl (C=O) groups excluding carboxylic acids is 1. The molecular formula is C15H26IN5O3. The van der Waals surface area contributed by atoms with Gasteiger partial charge in [-0.05, 0) is 27.7 Å². The first-order valence-corrected chi connectivity index (χ1v) is 7.69. The third kappa shape index (κ3) is 6.17. The number of guanidine groups is 1. The zero-order valence-electron chi connectivity index (χ0n) is 14.6. The van der Waals surface area contributed by atoms with Crippen LogP contribution in [-0.4, -0.2) is 58.8 Å². The molecule has 0 bridgehead atoms. The fourth-order valence-corrected chi connectivity index (χ4v) is 2.20. The van der Waals surface area contributed by atoms with Gasteiger partial charge >= 0.3 is 6.09 Å². The Morgan fingerprint density at radius 1 is 1.33 bits per heavy atom.